The third-order valence-corrected chi connectivity index (χ3v) is 4.75. The van der Waals surface area contributed by atoms with Crippen molar-refractivity contribution < 1.29 is 22.3 Å². The normalized spacial score (nSPS) is 11.5. The number of amides is 1. The first-order valence-corrected chi connectivity index (χ1v) is 10.1. The maximum Gasteiger partial charge on any atom is 0.233 e. The molecule has 0 spiro atoms. The molecule has 0 saturated carbocycles. The molecule has 0 aliphatic heterocycles. The van der Waals surface area contributed by atoms with Crippen LogP contribution in [0, 0.1) is 5.82 Å². The van der Waals surface area contributed by atoms with Gasteiger partial charge in [0, 0.05) is 23.0 Å². The molecule has 0 radical (unpaired) electrons. The highest BCUT2D eigenvalue weighted by molar-refractivity contribution is 7.89. The Kier molecular flexibility index (Phi) is 5.18. The summed E-state index contributed by atoms with van der Waals surface area (Å²) in [6.07, 6.45) is 1.14. The molecule has 0 atom stereocenters. The van der Waals surface area contributed by atoms with E-state index in [0.717, 1.165) is 28.6 Å². The number of halogens is 1. The second kappa shape index (κ2) is 7.40. The van der Waals surface area contributed by atoms with Gasteiger partial charge in [0.25, 0.3) is 0 Å². The molecule has 1 amide bonds. The quantitative estimate of drug-likeness (QED) is 0.677. The van der Waals surface area contributed by atoms with Gasteiger partial charge in [-0.25, -0.2) is 12.8 Å². The first-order valence-electron chi connectivity index (χ1n) is 8.22. The van der Waals surface area contributed by atoms with E-state index >= 15 is 0 Å². The van der Waals surface area contributed by atoms with Crippen LogP contribution in [0.25, 0.3) is 22.2 Å². The molecule has 2 N–H and O–H groups in total. The van der Waals surface area contributed by atoms with Crippen molar-refractivity contribution in [1.82, 2.24) is 9.71 Å². The largest absolute Gasteiger partial charge is 0.497 e. The lowest BCUT2D eigenvalue weighted by Gasteiger charge is -2.07. The van der Waals surface area contributed by atoms with Crippen molar-refractivity contribution in [3.8, 4) is 17.0 Å². The topological polar surface area (TPSA) is 88.3 Å². The molecule has 0 aliphatic carbocycles. The molecule has 3 rings (SSSR count). The molecule has 142 valence electrons. The van der Waals surface area contributed by atoms with Gasteiger partial charge in [0.2, 0.25) is 15.9 Å². The van der Waals surface area contributed by atoms with E-state index in [1.54, 1.807) is 13.2 Å². The molecule has 8 heteroatoms. The van der Waals surface area contributed by atoms with Gasteiger partial charge in [0.05, 0.1) is 13.4 Å². The second-order valence-corrected chi connectivity index (χ2v) is 7.94. The summed E-state index contributed by atoms with van der Waals surface area (Å²) in [5, 5.41) is 0.660. The van der Waals surface area contributed by atoms with E-state index in [2.05, 4.69) is 4.98 Å². The van der Waals surface area contributed by atoms with Crippen LogP contribution < -0.4 is 9.46 Å². The lowest BCUT2D eigenvalue weighted by Crippen LogP contribution is -2.29. The Morgan fingerprint density at radius 2 is 1.89 bits per heavy atom. The predicted molar refractivity (Wildman–Crippen MR) is 102 cm³/mol. The van der Waals surface area contributed by atoms with Crippen molar-refractivity contribution >= 4 is 26.8 Å². The lowest BCUT2D eigenvalue weighted by atomic mass is 10.0. The summed E-state index contributed by atoms with van der Waals surface area (Å²) in [5.41, 5.74) is 3.09. The SMILES string of the molecule is COc1ccc(-c2[nH]c3ccc(F)cc3c2CCC(=O)NS(C)(=O)=O)cc1. The maximum atomic E-state index is 13.8. The van der Waals surface area contributed by atoms with Gasteiger partial charge in [-0.3, -0.25) is 9.52 Å². The van der Waals surface area contributed by atoms with Crippen LogP contribution in [0.5, 0.6) is 5.75 Å². The fourth-order valence-electron chi connectivity index (χ4n) is 2.98. The van der Waals surface area contributed by atoms with Gasteiger partial charge >= 0.3 is 0 Å². The number of aromatic nitrogens is 1. The van der Waals surface area contributed by atoms with Crippen molar-refractivity contribution in [2.24, 2.45) is 0 Å². The van der Waals surface area contributed by atoms with Gasteiger partial charge in [-0.05, 0) is 60.0 Å². The smallest absolute Gasteiger partial charge is 0.233 e. The number of carbonyl (C=O) groups excluding carboxylic acids is 1. The van der Waals surface area contributed by atoms with E-state index in [4.69, 9.17) is 4.74 Å². The number of methoxy groups -OCH3 is 1. The van der Waals surface area contributed by atoms with Gasteiger partial charge in [-0.1, -0.05) is 0 Å². The number of nitrogens with one attached hydrogen (secondary N) is 2. The molecule has 2 aromatic carbocycles. The molecule has 1 heterocycles. The van der Waals surface area contributed by atoms with E-state index in [9.17, 15) is 17.6 Å². The van der Waals surface area contributed by atoms with Gasteiger partial charge in [0.1, 0.15) is 11.6 Å². The molecule has 0 fully saturated rings. The Balaban J connectivity index is 1.99. The van der Waals surface area contributed by atoms with Crippen LogP contribution in [-0.4, -0.2) is 32.7 Å². The second-order valence-electron chi connectivity index (χ2n) is 6.19. The zero-order valence-corrected chi connectivity index (χ0v) is 15.7. The van der Waals surface area contributed by atoms with Crippen molar-refractivity contribution in [1.29, 1.82) is 0 Å². The van der Waals surface area contributed by atoms with Crippen LogP contribution in [0.2, 0.25) is 0 Å². The minimum Gasteiger partial charge on any atom is -0.497 e. The van der Waals surface area contributed by atoms with Crippen LogP contribution in [-0.2, 0) is 21.2 Å². The van der Waals surface area contributed by atoms with E-state index in [0.29, 0.717) is 11.1 Å². The van der Waals surface area contributed by atoms with E-state index in [-0.39, 0.29) is 18.7 Å². The first-order chi connectivity index (χ1) is 12.8. The van der Waals surface area contributed by atoms with Crippen molar-refractivity contribution in [3.05, 3.63) is 53.8 Å². The van der Waals surface area contributed by atoms with Crippen LogP contribution in [0.15, 0.2) is 42.5 Å². The van der Waals surface area contributed by atoms with Gasteiger partial charge < -0.3 is 9.72 Å². The van der Waals surface area contributed by atoms with E-state index < -0.39 is 15.9 Å². The molecule has 27 heavy (non-hydrogen) atoms. The molecular formula is C19H19FN2O4S. The third-order valence-electron chi connectivity index (χ3n) is 4.15. The lowest BCUT2D eigenvalue weighted by molar-refractivity contribution is -0.119. The van der Waals surface area contributed by atoms with E-state index in [1.807, 2.05) is 29.0 Å². The monoisotopic (exact) mass is 390 g/mol. The summed E-state index contributed by atoms with van der Waals surface area (Å²) >= 11 is 0. The third kappa shape index (κ3) is 4.46. The summed E-state index contributed by atoms with van der Waals surface area (Å²) in [5.74, 6) is -0.288. The fraction of sp³-hybridized carbons (Fsp3) is 0.211. The summed E-state index contributed by atoms with van der Waals surface area (Å²) in [6.45, 7) is 0. The fourth-order valence-corrected chi connectivity index (χ4v) is 3.50. The number of sulfonamides is 1. The Morgan fingerprint density at radius 1 is 1.19 bits per heavy atom. The Hall–Kier alpha value is -2.87. The Morgan fingerprint density at radius 3 is 2.52 bits per heavy atom. The molecule has 0 unspecified atom stereocenters. The highest BCUT2D eigenvalue weighted by atomic mass is 32.2. The van der Waals surface area contributed by atoms with Gasteiger partial charge in [-0.2, -0.15) is 0 Å². The molecule has 0 saturated heterocycles. The average Bonchev–Trinajstić information content (AvgIpc) is 2.96. The van der Waals surface area contributed by atoms with Crippen LogP contribution in [0.3, 0.4) is 0 Å². The van der Waals surface area contributed by atoms with Gasteiger partial charge in [-0.15, -0.1) is 0 Å². The molecule has 0 bridgehead atoms. The standard InChI is InChI=1S/C19H19FN2O4S/c1-26-14-6-3-12(4-7-14)19-15(8-10-18(23)22-27(2,24)25)16-11-13(20)5-9-17(16)21-19/h3-7,9,11,21H,8,10H2,1-2H3,(H,22,23). The number of ether oxygens (including phenoxy) is 1. The van der Waals surface area contributed by atoms with E-state index in [1.165, 1.54) is 12.1 Å². The predicted octanol–water partition coefficient (Wildman–Crippen LogP) is 2.99. The van der Waals surface area contributed by atoms with Crippen molar-refractivity contribution in [2.75, 3.05) is 13.4 Å². The average molecular weight is 390 g/mol. The highest BCUT2D eigenvalue weighted by Crippen LogP contribution is 2.32. The number of aryl methyl sites for hydroxylation is 1. The summed E-state index contributed by atoms with van der Waals surface area (Å²) in [4.78, 5) is 15.2. The zero-order valence-electron chi connectivity index (χ0n) is 14.9. The van der Waals surface area contributed by atoms with Crippen LogP contribution in [0.1, 0.15) is 12.0 Å². The van der Waals surface area contributed by atoms with Crippen molar-refractivity contribution in [2.45, 2.75) is 12.8 Å². The number of fused-ring (bicyclic) bond motifs is 1. The molecule has 0 aliphatic rings. The maximum absolute atomic E-state index is 13.8. The van der Waals surface area contributed by atoms with Crippen LogP contribution in [0.4, 0.5) is 4.39 Å². The number of rotatable bonds is 6. The summed E-state index contributed by atoms with van der Waals surface area (Å²) in [6, 6.07) is 11.7. The molecular weight excluding hydrogens is 371 g/mol. The zero-order chi connectivity index (χ0) is 19.6. The molecule has 1 aromatic heterocycles. The number of H-pyrrole nitrogens is 1. The van der Waals surface area contributed by atoms with Crippen molar-refractivity contribution in [3.63, 3.8) is 0 Å². The highest BCUT2D eigenvalue weighted by Gasteiger charge is 2.16. The Bertz CT molecular complexity index is 1090. The number of aromatic amines is 1. The number of benzene rings is 2. The molecule has 6 nitrogen and oxygen atoms in total. The minimum absolute atomic E-state index is 0.0420. The van der Waals surface area contributed by atoms with Crippen LogP contribution >= 0.6 is 0 Å². The number of hydrogen-bond donors (Lipinski definition) is 2. The summed E-state index contributed by atoms with van der Waals surface area (Å²) < 4.78 is 43.3. The Labute approximate surface area is 156 Å². The van der Waals surface area contributed by atoms with Gasteiger partial charge in [0.15, 0.2) is 0 Å². The minimum atomic E-state index is -3.61. The number of carbonyl (C=O) groups is 1. The summed E-state index contributed by atoms with van der Waals surface area (Å²) in [7, 11) is -2.04. The molecule has 3 aromatic rings. The first kappa shape index (κ1) is 18.9. The number of hydrogen-bond acceptors (Lipinski definition) is 4.